The zero-order valence-electron chi connectivity index (χ0n) is 33.0. The van der Waals surface area contributed by atoms with Crippen molar-refractivity contribution >= 4 is 67.2 Å². The molecule has 1 saturated carbocycles. The lowest BCUT2D eigenvalue weighted by Crippen LogP contribution is -2.46. The van der Waals surface area contributed by atoms with Gasteiger partial charge in [0, 0.05) is 77.6 Å². The van der Waals surface area contributed by atoms with E-state index in [4.69, 9.17) is 11.6 Å². The highest BCUT2D eigenvalue weighted by atomic mass is 35.5. The van der Waals surface area contributed by atoms with Gasteiger partial charge in [0.1, 0.15) is 12.0 Å². The molecule has 3 N–H and O–H groups in total. The summed E-state index contributed by atoms with van der Waals surface area (Å²) in [5, 5.41) is 20.6. The molecular weight excluding hydrogens is 816 g/mol. The Labute approximate surface area is 360 Å². The largest absolute Gasteiger partial charge is 0.376 e. The van der Waals surface area contributed by atoms with Crippen molar-refractivity contribution in [3.8, 4) is 11.1 Å². The van der Waals surface area contributed by atoms with Crippen LogP contribution < -0.4 is 20.3 Å². The van der Waals surface area contributed by atoms with Crippen molar-refractivity contribution in [2.24, 2.45) is 0 Å². The van der Waals surface area contributed by atoms with Gasteiger partial charge in [-0.15, -0.1) is 11.8 Å². The third kappa shape index (κ3) is 10.2. The monoisotopic (exact) mass is 862 g/mol. The van der Waals surface area contributed by atoms with Gasteiger partial charge in [-0.3, -0.25) is 19.7 Å². The maximum absolute atomic E-state index is 13.8. The fourth-order valence-electron chi connectivity index (χ4n) is 7.66. The molecule has 60 heavy (non-hydrogen) atoms. The van der Waals surface area contributed by atoms with E-state index in [1.807, 2.05) is 72.8 Å². The van der Waals surface area contributed by atoms with Gasteiger partial charge in [-0.05, 0) is 97.1 Å². The van der Waals surface area contributed by atoms with Crippen molar-refractivity contribution < 1.29 is 13.3 Å². The van der Waals surface area contributed by atoms with Crippen LogP contribution in [0.3, 0.4) is 0 Å². The molecule has 1 aromatic heterocycles. The number of hydrogen-bond acceptors (Lipinski definition) is 11. The Bertz CT molecular complexity index is 2540. The highest BCUT2D eigenvalue weighted by molar-refractivity contribution is 7.99. The fraction of sp³-hybridized carbons (Fsp3) is 0.289. The number of thioether (sulfide) groups is 1. The molecular formula is C45H47ClN8O4S2. The van der Waals surface area contributed by atoms with Crippen LogP contribution in [0, 0.1) is 10.1 Å². The molecule has 1 saturated heterocycles. The van der Waals surface area contributed by atoms with Crippen molar-refractivity contribution in [1.82, 2.24) is 20.2 Å². The number of benzene rings is 5. The van der Waals surface area contributed by atoms with Crippen LogP contribution in [0.25, 0.3) is 22.0 Å². The predicted octanol–water partition coefficient (Wildman–Crippen LogP) is 9.09. The molecule has 8 rings (SSSR count). The summed E-state index contributed by atoms with van der Waals surface area (Å²) in [7, 11) is -4.27. The van der Waals surface area contributed by atoms with Gasteiger partial charge in [-0.1, -0.05) is 72.6 Å². The summed E-state index contributed by atoms with van der Waals surface area (Å²) in [6.45, 7) is 4.84. The Balaban J connectivity index is 0.934. The summed E-state index contributed by atoms with van der Waals surface area (Å²) in [5.74, 6) is 0.766. The molecule has 6 aromatic rings. The second kappa shape index (κ2) is 19.0. The van der Waals surface area contributed by atoms with Crippen LogP contribution in [0.1, 0.15) is 31.2 Å². The zero-order valence-corrected chi connectivity index (χ0v) is 35.4. The smallest absolute Gasteiger partial charge is 0.293 e. The second-order valence-electron chi connectivity index (χ2n) is 15.2. The Morgan fingerprint density at radius 1 is 0.883 bits per heavy atom. The maximum atomic E-state index is 13.8. The number of halogens is 1. The van der Waals surface area contributed by atoms with Crippen LogP contribution in [-0.2, 0) is 16.6 Å². The zero-order chi connectivity index (χ0) is 41.5. The van der Waals surface area contributed by atoms with Gasteiger partial charge in [0.05, 0.1) is 15.3 Å². The minimum absolute atomic E-state index is 0.0916. The molecule has 1 aliphatic heterocycles. The molecule has 0 bridgehead atoms. The van der Waals surface area contributed by atoms with Crippen LogP contribution in [-0.4, -0.2) is 78.8 Å². The normalized spacial score (nSPS) is 15.4. The quantitative estimate of drug-likeness (QED) is 0.0459. The Morgan fingerprint density at radius 3 is 2.38 bits per heavy atom. The first-order chi connectivity index (χ1) is 29.2. The summed E-state index contributed by atoms with van der Waals surface area (Å²) in [4.78, 5) is 26.2. The molecule has 1 aliphatic carbocycles. The Kier molecular flexibility index (Phi) is 13.1. The standard InChI is InChI=1S/C45H47ClN8O4S2/c46-34-14-17-40(32-8-3-1-4-9-32)33(26-34)29-52-22-24-53(25-23-52)37-15-18-41-43(27-37)48-31-49-45(41)51-60(57,58)39-16-19-42(44(28-39)54(55)56)50-36(20-21-47-35-10-7-11-35)30-59-38-12-5-2-6-13-38/h1-6,8-9,12-19,26-28,31,35-36,47,50H,7,10-11,20-25,29-30H2,(H,48,49,51)/t36-/m1/s1. The van der Waals surface area contributed by atoms with Crippen LogP contribution in [0.15, 0.2) is 131 Å². The highest BCUT2D eigenvalue weighted by Crippen LogP contribution is 2.33. The van der Waals surface area contributed by atoms with Crippen LogP contribution >= 0.6 is 23.4 Å². The molecule has 12 nitrogen and oxygen atoms in total. The number of sulfonamides is 1. The number of nitro groups is 1. The van der Waals surface area contributed by atoms with Crippen molar-refractivity contribution in [2.45, 2.75) is 54.1 Å². The first-order valence-electron chi connectivity index (χ1n) is 20.2. The minimum Gasteiger partial charge on any atom is -0.376 e. The third-order valence-corrected chi connectivity index (χ3v) is 13.9. The number of nitro benzene ring substituents is 1. The number of aromatic nitrogens is 2. The number of rotatable bonds is 17. The molecule has 0 radical (unpaired) electrons. The van der Waals surface area contributed by atoms with Gasteiger partial charge >= 0.3 is 0 Å². The van der Waals surface area contributed by atoms with E-state index in [0.717, 1.165) is 72.9 Å². The summed E-state index contributed by atoms with van der Waals surface area (Å²) >= 11 is 8.11. The SMILES string of the molecule is O=[N+]([O-])c1cc(S(=O)(=O)Nc2ncnc3cc(N4CCN(Cc5cc(Cl)ccc5-c5ccccc5)CC4)ccc23)ccc1N[C@H](CCNC1CCC1)CSc1ccccc1. The molecule has 1 atom stereocenters. The lowest BCUT2D eigenvalue weighted by atomic mass is 9.93. The highest BCUT2D eigenvalue weighted by Gasteiger charge is 2.26. The average molecular weight is 864 g/mol. The second-order valence-corrected chi connectivity index (χ2v) is 18.4. The van der Waals surface area contributed by atoms with Crippen molar-refractivity contribution in [2.75, 3.05) is 53.4 Å². The van der Waals surface area contributed by atoms with E-state index in [1.54, 1.807) is 11.8 Å². The van der Waals surface area contributed by atoms with Gasteiger partial charge in [0.15, 0.2) is 5.82 Å². The van der Waals surface area contributed by atoms with E-state index in [9.17, 15) is 18.5 Å². The van der Waals surface area contributed by atoms with E-state index in [0.29, 0.717) is 22.7 Å². The van der Waals surface area contributed by atoms with Crippen molar-refractivity contribution in [3.05, 3.63) is 142 Å². The molecule has 2 fully saturated rings. The van der Waals surface area contributed by atoms with Crippen molar-refractivity contribution in [3.63, 3.8) is 0 Å². The first-order valence-corrected chi connectivity index (χ1v) is 23.1. The van der Waals surface area contributed by atoms with E-state index < -0.39 is 14.9 Å². The van der Waals surface area contributed by atoms with Gasteiger partial charge < -0.3 is 15.5 Å². The lowest BCUT2D eigenvalue weighted by Gasteiger charge is -2.36. The molecule has 310 valence electrons. The number of fused-ring (bicyclic) bond motifs is 1. The van der Waals surface area contributed by atoms with E-state index in [1.165, 1.54) is 48.8 Å². The Hall–Kier alpha value is -5.25. The molecule has 0 spiro atoms. The van der Waals surface area contributed by atoms with E-state index in [-0.39, 0.29) is 28.1 Å². The molecule has 0 amide bonds. The number of piperazine rings is 1. The molecule has 2 aliphatic rings. The first kappa shape index (κ1) is 41.5. The molecule has 2 heterocycles. The number of hydrogen-bond donors (Lipinski definition) is 3. The lowest BCUT2D eigenvalue weighted by molar-refractivity contribution is -0.384. The van der Waals surface area contributed by atoms with Crippen molar-refractivity contribution in [1.29, 1.82) is 0 Å². The molecule has 5 aromatic carbocycles. The number of nitrogens with zero attached hydrogens (tertiary/aromatic N) is 5. The summed E-state index contributed by atoms with van der Waals surface area (Å²) in [6.07, 6.45) is 5.63. The third-order valence-electron chi connectivity index (χ3n) is 11.2. The number of nitrogens with one attached hydrogen (secondary N) is 3. The van der Waals surface area contributed by atoms with Gasteiger partial charge in [-0.2, -0.15) is 0 Å². The van der Waals surface area contributed by atoms with Crippen LogP contribution in [0.4, 0.5) is 22.9 Å². The predicted molar refractivity (Wildman–Crippen MR) is 243 cm³/mol. The summed E-state index contributed by atoms with van der Waals surface area (Å²) in [5.41, 5.74) is 5.02. The molecule has 15 heteroatoms. The average Bonchev–Trinajstić information content (AvgIpc) is 3.24. The summed E-state index contributed by atoms with van der Waals surface area (Å²) in [6, 6.07) is 36.5. The fourth-order valence-corrected chi connectivity index (χ4v) is 9.90. The van der Waals surface area contributed by atoms with Gasteiger partial charge in [0.25, 0.3) is 15.7 Å². The summed E-state index contributed by atoms with van der Waals surface area (Å²) < 4.78 is 30.2. The minimum atomic E-state index is -4.27. The Morgan fingerprint density at radius 2 is 1.65 bits per heavy atom. The van der Waals surface area contributed by atoms with Gasteiger partial charge in [-0.25, -0.2) is 18.4 Å². The van der Waals surface area contributed by atoms with Crippen LogP contribution in [0.2, 0.25) is 5.02 Å². The van der Waals surface area contributed by atoms with Crippen LogP contribution in [0.5, 0.6) is 0 Å². The number of anilines is 3. The topological polar surface area (TPSA) is 146 Å². The van der Waals surface area contributed by atoms with E-state index in [2.05, 4.69) is 59.4 Å². The molecule has 0 unspecified atom stereocenters. The van der Waals surface area contributed by atoms with Gasteiger partial charge in [0.2, 0.25) is 0 Å². The van der Waals surface area contributed by atoms with E-state index >= 15 is 0 Å². The maximum Gasteiger partial charge on any atom is 0.293 e.